The van der Waals surface area contributed by atoms with E-state index in [-0.39, 0.29) is 32.3 Å². The fourth-order valence-electron chi connectivity index (χ4n) is 6.57. The van der Waals surface area contributed by atoms with Crippen molar-refractivity contribution in [3.05, 3.63) is 111 Å². The van der Waals surface area contributed by atoms with E-state index >= 15 is 0 Å². The highest BCUT2D eigenvalue weighted by Gasteiger charge is 2.28. The van der Waals surface area contributed by atoms with Gasteiger partial charge in [-0.3, -0.25) is 4.79 Å². The average molecular weight is 728 g/mol. The lowest BCUT2D eigenvalue weighted by Crippen LogP contribution is -2.38. The van der Waals surface area contributed by atoms with Crippen LogP contribution in [0.5, 0.6) is 23.0 Å². The zero-order chi connectivity index (χ0) is 37.3. The molecule has 4 aromatic rings. The minimum atomic E-state index is -0.443. The summed E-state index contributed by atoms with van der Waals surface area (Å²) in [4.78, 5) is 18.3. The summed E-state index contributed by atoms with van der Waals surface area (Å²) in [6.07, 6.45) is 1.91. The summed E-state index contributed by atoms with van der Waals surface area (Å²) in [6.45, 7) is -0.169. The molecule has 0 saturated heterocycles. The van der Waals surface area contributed by atoms with Crippen LogP contribution in [0.3, 0.4) is 0 Å². The molecule has 2 heterocycles. The number of aliphatic hydroxyl groups excluding tert-OH is 4. The molecule has 2 aliphatic heterocycles. The predicted molar refractivity (Wildman–Crippen MR) is 196 cm³/mol. The normalized spacial score (nSPS) is 16.2. The quantitative estimate of drug-likeness (QED) is 0.0805. The fourth-order valence-corrected chi connectivity index (χ4v) is 6.57. The number of ether oxygens (including phenoxy) is 4. The number of nitrogens with one attached hydrogen (secondary N) is 2. The maximum absolute atomic E-state index is 12.6. The van der Waals surface area contributed by atoms with Gasteiger partial charge in [0.05, 0.1) is 65.1 Å². The Morgan fingerprint density at radius 2 is 1.40 bits per heavy atom. The van der Waals surface area contributed by atoms with Crippen molar-refractivity contribution in [1.29, 1.82) is 0 Å². The topological polar surface area (TPSA) is 181 Å². The van der Waals surface area contributed by atoms with Crippen LogP contribution >= 0.6 is 0 Å². The molecule has 0 aliphatic carbocycles. The van der Waals surface area contributed by atoms with Gasteiger partial charge in [0.15, 0.2) is 17.6 Å². The van der Waals surface area contributed by atoms with Crippen LogP contribution in [0.15, 0.2) is 71.9 Å². The monoisotopic (exact) mass is 727 g/mol. The highest BCUT2D eigenvalue weighted by atomic mass is 16.6. The third kappa shape index (κ3) is 8.34. The van der Waals surface area contributed by atoms with Crippen molar-refractivity contribution >= 4 is 17.3 Å². The number of oxime groups is 1. The van der Waals surface area contributed by atoms with Gasteiger partial charge in [-0.2, -0.15) is 0 Å². The second-order valence-corrected chi connectivity index (χ2v) is 12.7. The number of fused-ring (bicyclic) bond motifs is 1. The predicted octanol–water partition coefficient (Wildman–Crippen LogP) is 5.02. The van der Waals surface area contributed by atoms with Crippen molar-refractivity contribution in [3.8, 4) is 23.0 Å². The van der Waals surface area contributed by atoms with Crippen molar-refractivity contribution in [2.75, 3.05) is 32.8 Å². The molecule has 0 saturated carbocycles. The number of rotatable bonds is 17. The zero-order valence-electron chi connectivity index (χ0n) is 29.8. The van der Waals surface area contributed by atoms with E-state index in [0.717, 1.165) is 41.6 Å². The summed E-state index contributed by atoms with van der Waals surface area (Å²) in [5, 5.41) is 50.0. The van der Waals surface area contributed by atoms with Gasteiger partial charge in [0, 0.05) is 23.2 Å². The van der Waals surface area contributed by atoms with Crippen molar-refractivity contribution in [2.45, 2.75) is 64.4 Å². The summed E-state index contributed by atoms with van der Waals surface area (Å²) in [5.74, 6) is 1.89. The summed E-state index contributed by atoms with van der Waals surface area (Å²) in [6, 6.07) is 20.0. The van der Waals surface area contributed by atoms with E-state index < -0.39 is 12.3 Å². The summed E-state index contributed by atoms with van der Waals surface area (Å²) >= 11 is 0. The Morgan fingerprint density at radius 3 is 2.06 bits per heavy atom. The van der Waals surface area contributed by atoms with Gasteiger partial charge in [0.25, 0.3) is 5.91 Å². The number of methoxy groups -OCH3 is 2. The second-order valence-electron chi connectivity index (χ2n) is 12.7. The molecule has 280 valence electrons. The van der Waals surface area contributed by atoms with E-state index in [4.69, 9.17) is 23.8 Å². The summed E-state index contributed by atoms with van der Waals surface area (Å²) in [5.41, 5.74) is 6.51. The van der Waals surface area contributed by atoms with Crippen LogP contribution in [0.4, 0.5) is 5.69 Å². The van der Waals surface area contributed by atoms with Gasteiger partial charge in [-0.15, -0.1) is 0 Å². The van der Waals surface area contributed by atoms with Crippen LogP contribution in [0.1, 0.15) is 87.3 Å². The van der Waals surface area contributed by atoms with Crippen molar-refractivity contribution in [2.24, 2.45) is 5.16 Å². The maximum atomic E-state index is 12.6. The Bertz CT molecular complexity index is 1900. The molecule has 13 nitrogen and oxygen atoms in total. The zero-order valence-corrected chi connectivity index (χ0v) is 29.8. The minimum absolute atomic E-state index is 0.156. The van der Waals surface area contributed by atoms with Crippen LogP contribution in [-0.2, 0) is 31.3 Å². The van der Waals surface area contributed by atoms with Gasteiger partial charge in [0.2, 0.25) is 5.75 Å². The van der Waals surface area contributed by atoms with Gasteiger partial charge >= 0.3 is 0 Å². The largest absolute Gasteiger partial charge is 0.493 e. The van der Waals surface area contributed by atoms with Gasteiger partial charge in [-0.25, -0.2) is 0 Å². The lowest BCUT2D eigenvalue weighted by atomic mass is 9.93. The molecule has 2 aliphatic rings. The number of aliphatic hydroxyl groups is 4. The first kappa shape index (κ1) is 37.4. The molecule has 53 heavy (non-hydrogen) atoms. The Hall–Kier alpha value is -5.34. The number of hydrogen-bond donors (Lipinski definition) is 6. The van der Waals surface area contributed by atoms with Gasteiger partial charge < -0.3 is 54.8 Å². The van der Waals surface area contributed by atoms with E-state index in [1.807, 2.05) is 48.5 Å². The molecule has 2 unspecified atom stereocenters. The SMILES string of the molecule is COc1cc(C2=NOC(c3cc(CO)c(CO)c(CO)c3)C2)cc(OC)c1OCCCCCOc1ccc(C2NC(=O)c3ccccc3N2)cc1CO. The molecular weight excluding hydrogens is 682 g/mol. The van der Waals surface area contributed by atoms with Crippen LogP contribution in [0.25, 0.3) is 0 Å². The van der Waals surface area contributed by atoms with Crippen LogP contribution < -0.4 is 29.6 Å². The number of para-hydroxylation sites is 1. The standard InChI is InChI=1S/C40H45N3O10/c1-49-36-17-25(33-19-35(53-43-33)26-15-27(20-44)31(23-47)28(16-26)21-45)18-37(50-2)38(36)52-13-7-3-6-12-51-34-11-10-24(14-29(34)22-46)39-41-32-9-5-4-8-30(32)40(48)42-39/h4-5,8-11,14-18,35,39,41,44-47H,3,6-7,12-13,19-23H2,1-2H3,(H,42,48). The first-order valence-electron chi connectivity index (χ1n) is 17.5. The Morgan fingerprint density at radius 1 is 0.736 bits per heavy atom. The molecule has 1 amide bonds. The first-order chi connectivity index (χ1) is 25.9. The van der Waals surface area contributed by atoms with E-state index in [1.54, 1.807) is 32.4 Å². The molecule has 0 spiro atoms. The molecule has 6 rings (SSSR count). The molecule has 4 aromatic carbocycles. The lowest BCUT2D eigenvalue weighted by Gasteiger charge is -2.28. The van der Waals surface area contributed by atoms with Crippen molar-refractivity contribution in [3.63, 3.8) is 0 Å². The fraction of sp³-hybridized carbons (Fsp3) is 0.350. The summed E-state index contributed by atoms with van der Waals surface area (Å²) in [7, 11) is 3.12. The second kappa shape index (κ2) is 17.5. The Labute approximate surface area is 307 Å². The number of nitrogens with zero attached hydrogens (tertiary/aromatic N) is 1. The molecular formula is C40H45N3O10. The highest BCUT2D eigenvalue weighted by molar-refractivity contribution is 6.02. The van der Waals surface area contributed by atoms with E-state index in [2.05, 4.69) is 15.8 Å². The van der Waals surface area contributed by atoms with E-state index in [9.17, 15) is 25.2 Å². The third-order valence-corrected chi connectivity index (χ3v) is 9.42. The number of hydrogen-bond acceptors (Lipinski definition) is 12. The minimum Gasteiger partial charge on any atom is -0.493 e. The molecule has 0 aromatic heterocycles. The van der Waals surface area contributed by atoms with E-state index in [0.29, 0.717) is 76.2 Å². The number of anilines is 1. The summed E-state index contributed by atoms with van der Waals surface area (Å²) < 4.78 is 23.5. The number of benzene rings is 4. The van der Waals surface area contributed by atoms with Gasteiger partial charge in [-0.05, 0) is 95.6 Å². The number of carbonyl (C=O) groups excluding carboxylic acids is 1. The van der Waals surface area contributed by atoms with Crippen LogP contribution in [-0.4, -0.2) is 59.5 Å². The Kier molecular flexibility index (Phi) is 12.3. The molecule has 0 bridgehead atoms. The highest BCUT2D eigenvalue weighted by Crippen LogP contribution is 2.41. The van der Waals surface area contributed by atoms with Crippen molar-refractivity contribution in [1.82, 2.24) is 5.32 Å². The molecule has 6 N–H and O–H groups in total. The number of carbonyl (C=O) groups is 1. The third-order valence-electron chi connectivity index (χ3n) is 9.42. The van der Waals surface area contributed by atoms with Crippen LogP contribution in [0.2, 0.25) is 0 Å². The van der Waals surface area contributed by atoms with Gasteiger partial charge in [0.1, 0.15) is 11.9 Å². The Balaban J connectivity index is 0.997. The number of amides is 1. The van der Waals surface area contributed by atoms with Gasteiger partial charge in [-0.1, -0.05) is 23.4 Å². The lowest BCUT2D eigenvalue weighted by molar-refractivity contribution is 0.0853. The molecule has 0 radical (unpaired) electrons. The van der Waals surface area contributed by atoms with Crippen molar-refractivity contribution < 1.29 is 49.0 Å². The van der Waals surface area contributed by atoms with E-state index in [1.165, 1.54) is 0 Å². The molecule has 2 atom stereocenters. The maximum Gasteiger partial charge on any atom is 0.255 e. The smallest absolute Gasteiger partial charge is 0.255 e. The molecule has 0 fully saturated rings. The molecule has 13 heteroatoms. The first-order valence-corrected chi connectivity index (χ1v) is 17.5. The number of unbranched alkanes of at least 4 members (excludes halogenated alkanes) is 2. The average Bonchev–Trinajstić information content (AvgIpc) is 3.70. The van der Waals surface area contributed by atoms with Crippen LogP contribution in [0, 0.1) is 0 Å².